The van der Waals surface area contributed by atoms with Gasteiger partial charge in [-0.05, 0) is 66.7 Å². The molecule has 0 atom stereocenters. The number of aromatic nitrogens is 1. The number of halogens is 2. The Balaban J connectivity index is 1.69. The van der Waals surface area contributed by atoms with Gasteiger partial charge in [0.2, 0.25) is 11.8 Å². The van der Waals surface area contributed by atoms with Gasteiger partial charge in [-0.1, -0.05) is 0 Å². The number of anilines is 1. The van der Waals surface area contributed by atoms with Crippen molar-refractivity contribution in [1.82, 2.24) is 4.98 Å². The number of sulfonamides is 1. The Hall–Kier alpha value is -5.00. The predicted molar refractivity (Wildman–Crippen MR) is 124 cm³/mol. The summed E-state index contributed by atoms with van der Waals surface area (Å²) >= 11 is 0. The van der Waals surface area contributed by atoms with E-state index in [2.05, 4.69) is 9.71 Å². The van der Waals surface area contributed by atoms with Crippen LogP contribution in [0.1, 0.15) is 11.1 Å². The van der Waals surface area contributed by atoms with Crippen molar-refractivity contribution >= 4 is 15.7 Å². The number of ether oxygens (including phenoxy) is 2. The minimum absolute atomic E-state index is 0.0306. The van der Waals surface area contributed by atoms with E-state index in [0.717, 1.165) is 0 Å². The summed E-state index contributed by atoms with van der Waals surface area (Å²) in [5.41, 5.74) is 0.664. The quantitative estimate of drug-likeness (QED) is 0.353. The second-order valence-corrected chi connectivity index (χ2v) is 8.87. The molecule has 0 aliphatic heterocycles. The van der Waals surface area contributed by atoms with Crippen molar-refractivity contribution in [2.45, 2.75) is 4.90 Å². The first-order valence-electron chi connectivity index (χ1n) is 10.1. The molecule has 1 heterocycles. The summed E-state index contributed by atoms with van der Waals surface area (Å²) in [5.74, 6) is -1.74. The van der Waals surface area contributed by atoms with Crippen LogP contribution in [0, 0.1) is 34.3 Å². The van der Waals surface area contributed by atoms with Crippen LogP contribution in [0.3, 0.4) is 0 Å². The Morgan fingerprint density at radius 3 is 1.81 bits per heavy atom. The standard InChI is InChI=1S/C25H14F2N4O4S/c26-18-11-19(27)13-22(12-18)36(32,33)31-23-9-10-24(34-20-5-1-16(14-28)2-6-20)30-25(23)35-21-7-3-17(15-29)4-8-21/h1-13,31H. The highest BCUT2D eigenvalue weighted by molar-refractivity contribution is 7.92. The minimum atomic E-state index is -4.43. The van der Waals surface area contributed by atoms with Gasteiger partial charge in [0.25, 0.3) is 10.0 Å². The van der Waals surface area contributed by atoms with Gasteiger partial charge in [-0.2, -0.15) is 15.5 Å². The van der Waals surface area contributed by atoms with E-state index >= 15 is 0 Å². The van der Waals surface area contributed by atoms with E-state index in [-0.39, 0.29) is 23.2 Å². The summed E-state index contributed by atoms with van der Waals surface area (Å²) in [6.45, 7) is 0. The minimum Gasteiger partial charge on any atom is -0.439 e. The van der Waals surface area contributed by atoms with Crippen LogP contribution in [-0.4, -0.2) is 13.4 Å². The predicted octanol–water partition coefficient (Wildman–Crippen LogP) is 5.49. The van der Waals surface area contributed by atoms with Gasteiger partial charge in [-0.25, -0.2) is 17.2 Å². The van der Waals surface area contributed by atoms with Gasteiger partial charge < -0.3 is 9.47 Å². The molecule has 0 radical (unpaired) electrons. The number of nitrogens with zero attached hydrogens (tertiary/aromatic N) is 3. The summed E-state index contributed by atoms with van der Waals surface area (Å²) in [5, 5.41) is 17.9. The second-order valence-electron chi connectivity index (χ2n) is 7.19. The molecule has 4 rings (SSSR count). The van der Waals surface area contributed by atoms with E-state index < -0.39 is 26.6 Å². The highest BCUT2D eigenvalue weighted by Crippen LogP contribution is 2.33. The number of rotatable bonds is 7. The molecule has 0 bridgehead atoms. The van der Waals surface area contributed by atoms with Gasteiger partial charge in [0.05, 0.1) is 28.2 Å². The third-order valence-electron chi connectivity index (χ3n) is 4.63. The van der Waals surface area contributed by atoms with E-state index in [1.165, 1.54) is 36.4 Å². The third kappa shape index (κ3) is 5.73. The van der Waals surface area contributed by atoms with Crippen LogP contribution < -0.4 is 14.2 Å². The number of nitriles is 2. The number of pyridine rings is 1. The van der Waals surface area contributed by atoms with Crippen LogP contribution in [0.2, 0.25) is 0 Å². The van der Waals surface area contributed by atoms with E-state index in [0.29, 0.717) is 35.1 Å². The smallest absolute Gasteiger partial charge is 0.262 e. The summed E-state index contributed by atoms with van der Waals surface area (Å²) in [7, 11) is -4.43. The Bertz CT molecular complexity index is 1590. The number of hydrogen-bond acceptors (Lipinski definition) is 7. The lowest BCUT2D eigenvalue weighted by Gasteiger charge is -2.14. The van der Waals surface area contributed by atoms with Gasteiger partial charge in [0.1, 0.15) is 28.8 Å². The van der Waals surface area contributed by atoms with Gasteiger partial charge in [-0.15, -0.1) is 0 Å². The molecule has 3 aromatic carbocycles. The van der Waals surface area contributed by atoms with Crippen molar-refractivity contribution in [3.8, 4) is 35.4 Å². The zero-order valence-corrected chi connectivity index (χ0v) is 19.0. The molecule has 0 spiro atoms. The van der Waals surface area contributed by atoms with E-state index in [9.17, 15) is 17.2 Å². The van der Waals surface area contributed by atoms with Crippen molar-refractivity contribution < 1.29 is 26.7 Å². The lowest BCUT2D eigenvalue weighted by molar-refractivity contribution is 0.428. The van der Waals surface area contributed by atoms with Crippen molar-refractivity contribution in [3.63, 3.8) is 0 Å². The maximum Gasteiger partial charge on any atom is 0.262 e. The summed E-state index contributed by atoms with van der Waals surface area (Å²) < 4.78 is 66.5. The van der Waals surface area contributed by atoms with Crippen molar-refractivity contribution in [2.75, 3.05) is 4.72 Å². The fourth-order valence-electron chi connectivity index (χ4n) is 2.95. The molecule has 0 saturated carbocycles. The van der Waals surface area contributed by atoms with Crippen LogP contribution >= 0.6 is 0 Å². The molecular formula is C25H14F2N4O4S. The maximum absolute atomic E-state index is 13.6. The van der Waals surface area contributed by atoms with Crippen LogP contribution in [0.25, 0.3) is 0 Å². The molecule has 36 heavy (non-hydrogen) atoms. The molecule has 8 nitrogen and oxygen atoms in total. The first kappa shape index (κ1) is 24.1. The van der Waals surface area contributed by atoms with Crippen molar-refractivity contribution in [2.24, 2.45) is 0 Å². The SMILES string of the molecule is N#Cc1ccc(Oc2ccc(NS(=O)(=O)c3cc(F)cc(F)c3)c(Oc3ccc(C#N)cc3)n2)cc1. The second kappa shape index (κ2) is 10.1. The zero-order chi connectivity index (χ0) is 25.7. The van der Waals surface area contributed by atoms with Gasteiger partial charge in [0.15, 0.2) is 0 Å². The Morgan fingerprint density at radius 2 is 1.28 bits per heavy atom. The fraction of sp³-hybridized carbons (Fsp3) is 0. The summed E-state index contributed by atoms with van der Waals surface area (Å²) in [6, 6.07) is 20.6. The Morgan fingerprint density at radius 1 is 0.750 bits per heavy atom. The van der Waals surface area contributed by atoms with Crippen LogP contribution in [0.4, 0.5) is 14.5 Å². The molecule has 0 saturated heterocycles. The molecule has 1 N–H and O–H groups in total. The monoisotopic (exact) mass is 504 g/mol. The molecule has 0 aliphatic rings. The Labute approximate surface area is 204 Å². The first-order valence-corrected chi connectivity index (χ1v) is 11.6. The van der Waals surface area contributed by atoms with E-state index in [1.54, 1.807) is 24.3 Å². The van der Waals surface area contributed by atoms with E-state index in [4.69, 9.17) is 20.0 Å². The molecule has 1 aromatic heterocycles. The molecule has 178 valence electrons. The van der Waals surface area contributed by atoms with Crippen molar-refractivity contribution in [1.29, 1.82) is 10.5 Å². The average molecular weight is 504 g/mol. The number of hydrogen-bond donors (Lipinski definition) is 1. The molecular weight excluding hydrogens is 490 g/mol. The van der Waals surface area contributed by atoms with Gasteiger partial charge in [0, 0.05) is 12.1 Å². The number of benzene rings is 3. The van der Waals surface area contributed by atoms with Crippen LogP contribution in [-0.2, 0) is 10.0 Å². The highest BCUT2D eigenvalue weighted by Gasteiger charge is 2.20. The largest absolute Gasteiger partial charge is 0.439 e. The summed E-state index contributed by atoms with van der Waals surface area (Å²) in [6.07, 6.45) is 0. The maximum atomic E-state index is 13.6. The Kier molecular flexibility index (Phi) is 6.77. The van der Waals surface area contributed by atoms with Gasteiger partial charge in [-0.3, -0.25) is 4.72 Å². The molecule has 0 amide bonds. The summed E-state index contributed by atoms with van der Waals surface area (Å²) in [4.78, 5) is 3.58. The lowest BCUT2D eigenvalue weighted by Crippen LogP contribution is -2.14. The normalized spacial score (nSPS) is 10.7. The molecule has 4 aromatic rings. The first-order chi connectivity index (χ1) is 17.3. The number of nitrogens with one attached hydrogen (secondary N) is 1. The van der Waals surface area contributed by atoms with Crippen molar-refractivity contribution in [3.05, 3.63) is 102 Å². The molecule has 0 aliphatic carbocycles. The lowest BCUT2D eigenvalue weighted by atomic mass is 10.2. The average Bonchev–Trinajstić information content (AvgIpc) is 2.86. The van der Waals surface area contributed by atoms with Crippen LogP contribution in [0.5, 0.6) is 23.3 Å². The molecule has 0 unspecified atom stereocenters. The van der Waals surface area contributed by atoms with E-state index in [1.807, 2.05) is 12.1 Å². The van der Waals surface area contributed by atoms with Crippen LogP contribution in [0.15, 0.2) is 83.8 Å². The molecule has 0 fully saturated rings. The zero-order valence-electron chi connectivity index (χ0n) is 18.1. The molecule has 11 heteroatoms. The topological polar surface area (TPSA) is 125 Å². The highest BCUT2D eigenvalue weighted by atomic mass is 32.2. The van der Waals surface area contributed by atoms with Gasteiger partial charge >= 0.3 is 0 Å². The fourth-order valence-corrected chi connectivity index (χ4v) is 4.05. The third-order valence-corrected chi connectivity index (χ3v) is 5.97.